The fourth-order valence-corrected chi connectivity index (χ4v) is 0.973. The first-order valence-electron chi connectivity index (χ1n) is 4.40. The molecule has 0 spiro atoms. The summed E-state index contributed by atoms with van der Waals surface area (Å²) in [5.41, 5.74) is 5.23. The minimum Gasteiger partial charge on any atom is -0.480 e. The third kappa shape index (κ3) is 4.78. The number of carboxylic acid groups (broad SMARTS) is 2. The predicted molar refractivity (Wildman–Crippen MR) is 49.9 cm³/mol. The molecule has 6 heteroatoms. The summed E-state index contributed by atoms with van der Waals surface area (Å²) in [7, 11) is 0. The second-order valence-electron chi connectivity index (χ2n) is 3.05. The number of nitrogens with two attached hydrogens (primary N) is 1. The van der Waals surface area contributed by atoms with Crippen molar-refractivity contribution in [2.75, 3.05) is 6.54 Å². The van der Waals surface area contributed by atoms with Gasteiger partial charge in [0, 0.05) is 0 Å². The molecule has 2 atom stereocenters. The highest BCUT2D eigenvalue weighted by Crippen LogP contribution is 1.98. The van der Waals surface area contributed by atoms with E-state index in [9.17, 15) is 9.59 Å². The van der Waals surface area contributed by atoms with Gasteiger partial charge in [0.1, 0.15) is 12.1 Å². The summed E-state index contributed by atoms with van der Waals surface area (Å²) in [5.74, 6) is -2.12. The maximum atomic E-state index is 10.7. The second-order valence-corrected chi connectivity index (χ2v) is 3.05. The molecule has 5 N–H and O–H groups in total. The number of carboxylic acids is 2. The van der Waals surface area contributed by atoms with Crippen molar-refractivity contribution in [2.24, 2.45) is 5.73 Å². The van der Waals surface area contributed by atoms with Crippen molar-refractivity contribution in [1.82, 2.24) is 5.32 Å². The summed E-state index contributed by atoms with van der Waals surface area (Å²) < 4.78 is 0. The van der Waals surface area contributed by atoms with Crippen LogP contribution in [0.5, 0.6) is 0 Å². The summed E-state index contributed by atoms with van der Waals surface area (Å²) >= 11 is 0. The van der Waals surface area contributed by atoms with Gasteiger partial charge in [-0.2, -0.15) is 0 Å². The van der Waals surface area contributed by atoms with Crippen molar-refractivity contribution in [2.45, 2.75) is 31.8 Å². The molecule has 0 aliphatic heterocycles. The van der Waals surface area contributed by atoms with Crippen LogP contribution < -0.4 is 11.1 Å². The van der Waals surface area contributed by atoms with E-state index in [1.807, 2.05) is 0 Å². The molecule has 0 radical (unpaired) electrons. The summed E-state index contributed by atoms with van der Waals surface area (Å²) in [5, 5.41) is 19.8. The van der Waals surface area contributed by atoms with Gasteiger partial charge in [0.25, 0.3) is 0 Å². The standard InChI is InChI=1S/C8H16N2O4/c1-5(7(11)12)10-6(8(13)14)3-2-4-9/h5-6,10H,2-4,9H2,1H3,(H,11,12)(H,13,14)/t5-,6-/m0/s1. The van der Waals surface area contributed by atoms with E-state index in [1.54, 1.807) is 0 Å². The van der Waals surface area contributed by atoms with Crippen LogP contribution in [0.4, 0.5) is 0 Å². The maximum absolute atomic E-state index is 10.7. The van der Waals surface area contributed by atoms with Gasteiger partial charge in [0.2, 0.25) is 0 Å². The molecule has 0 saturated heterocycles. The average molecular weight is 204 g/mol. The molecule has 0 rings (SSSR count). The van der Waals surface area contributed by atoms with Gasteiger partial charge in [-0.15, -0.1) is 0 Å². The van der Waals surface area contributed by atoms with Gasteiger partial charge in [0.05, 0.1) is 0 Å². The van der Waals surface area contributed by atoms with Gasteiger partial charge >= 0.3 is 11.9 Å². The Morgan fingerprint density at radius 1 is 1.36 bits per heavy atom. The van der Waals surface area contributed by atoms with Crippen molar-refractivity contribution in [3.05, 3.63) is 0 Å². The molecular weight excluding hydrogens is 188 g/mol. The Balaban J connectivity index is 4.08. The highest BCUT2D eigenvalue weighted by molar-refractivity contribution is 5.77. The Labute approximate surface area is 82.1 Å². The Kier molecular flexibility index (Phi) is 5.82. The Morgan fingerprint density at radius 2 is 1.93 bits per heavy atom. The van der Waals surface area contributed by atoms with E-state index in [2.05, 4.69) is 5.32 Å². The van der Waals surface area contributed by atoms with Crippen LogP contribution in [0, 0.1) is 0 Å². The minimum absolute atomic E-state index is 0.337. The monoisotopic (exact) mass is 204 g/mol. The van der Waals surface area contributed by atoms with E-state index in [4.69, 9.17) is 15.9 Å². The first-order chi connectivity index (χ1) is 6.49. The molecule has 0 aromatic rings. The second kappa shape index (κ2) is 6.33. The van der Waals surface area contributed by atoms with Crippen LogP contribution in [-0.2, 0) is 9.59 Å². The van der Waals surface area contributed by atoms with Crippen LogP contribution in [0.15, 0.2) is 0 Å². The molecule has 0 aliphatic carbocycles. The largest absolute Gasteiger partial charge is 0.480 e. The van der Waals surface area contributed by atoms with Crippen molar-refractivity contribution < 1.29 is 19.8 Å². The van der Waals surface area contributed by atoms with Gasteiger partial charge in [-0.1, -0.05) is 0 Å². The molecule has 0 unspecified atom stereocenters. The average Bonchev–Trinajstić information content (AvgIpc) is 2.10. The highest BCUT2D eigenvalue weighted by atomic mass is 16.4. The number of carbonyl (C=O) groups is 2. The van der Waals surface area contributed by atoms with E-state index >= 15 is 0 Å². The fraction of sp³-hybridized carbons (Fsp3) is 0.750. The molecule has 0 amide bonds. The predicted octanol–water partition coefficient (Wildman–Crippen LogP) is -0.759. The van der Waals surface area contributed by atoms with E-state index in [-0.39, 0.29) is 0 Å². The van der Waals surface area contributed by atoms with Crippen LogP contribution >= 0.6 is 0 Å². The smallest absolute Gasteiger partial charge is 0.320 e. The number of hydrogen-bond acceptors (Lipinski definition) is 4. The lowest BCUT2D eigenvalue weighted by Gasteiger charge is -2.16. The third-order valence-electron chi connectivity index (χ3n) is 1.82. The first kappa shape index (κ1) is 12.9. The molecule has 0 bridgehead atoms. The number of rotatable bonds is 7. The molecule has 0 aromatic carbocycles. The summed E-state index contributed by atoms with van der Waals surface area (Å²) in [6, 6.07) is -1.71. The third-order valence-corrected chi connectivity index (χ3v) is 1.82. The normalized spacial score (nSPS) is 14.7. The number of aliphatic carboxylic acids is 2. The van der Waals surface area contributed by atoms with E-state index in [1.165, 1.54) is 6.92 Å². The van der Waals surface area contributed by atoms with Crippen molar-refractivity contribution in [1.29, 1.82) is 0 Å². The van der Waals surface area contributed by atoms with Gasteiger partial charge in [-0.3, -0.25) is 14.9 Å². The quantitative estimate of drug-likeness (QED) is 0.433. The van der Waals surface area contributed by atoms with Crippen LogP contribution in [0.1, 0.15) is 19.8 Å². The number of nitrogens with one attached hydrogen (secondary N) is 1. The van der Waals surface area contributed by atoms with Crippen LogP contribution in [0.3, 0.4) is 0 Å². The van der Waals surface area contributed by atoms with E-state index in [0.717, 1.165) is 0 Å². The zero-order valence-corrected chi connectivity index (χ0v) is 8.06. The molecular formula is C8H16N2O4. The highest BCUT2D eigenvalue weighted by Gasteiger charge is 2.21. The summed E-state index contributed by atoms with van der Waals surface area (Å²) in [6.07, 6.45) is 0.889. The van der Waals surface area contributed by atoms with Crippen molar-refractivity contribution >= 4 is 11.9 Å². The topological polar surface area (TPSA) is 113 Å². The molecule has 0 aliphatic rings. The minimum atomic E-state index is -1.07. The zero-order valence-electron chi connectivity index (χ0n) is 8.06. The van der Waals surface area contributed by atoms with Crippen LogP contribution in [-0.4, -0.2) is 40.8 Å². The van der Waals surface area contributed by atoms with Crippen LogP contribution in [0.2, 0.25) is 0 Å². The van der Waals surface area contributed by atoms with Crippen LogP contribution in [0.25, 0.3) is 0 Å². The Morgan fingerprint density at radius 3 is 2.29 bits per heavy atom. The molecule has 6 nitrogen and oxygen atoms in total. The molecule has 0 aromatic heterocycles. The number of hydrogen-bond donors (Lipinski definition) is 4. The molecule has 82 valence electrons. The molecule has 0 fully saturated rings. The lowest BCUT2D eigenvalue weighted by molar-refractivity contribution is -0.142. The zero-order chi connectivity index (χ0) is 11.1. The Bertz CT molecular complexity index is 208. The van der Waals surface area contributed by atoms with Gasteiger partial charge in [-0.05, 0) is 26.3 Å². The Hall–Kier alpha value is -1.14. The lowest BCUT2D eigenvalue weighted by atomic mass is 10.1. The van der Waals surface area contributed by atoms with Gasteiger partial charge in [0.15, 0.2) is 0 Å². The molecule has 0 heterocycles. The maximum Gasteiger partial charge on any atom is 0.320 e. The molecule has 14 heavy (non-hydrogen) atoms. The van der Waals surface area contributed by atoms with E-state index in [0.29, 0.717) is 19.4 Å². The van der Waals surface area contributed by atoms with Crippen molar-refractivity contribution in [3.8, 4) is 0 Å². The SMILES string of the molecule is C[C@H](N[C@@H](CCCN)C(=O)O)C(=O)O. The van der Waals surface area contributed by atoms with Gasteiger partial charge < -0.3 is 15.9 Å². The van der Waals surface area contributed by atoms with Crippen molar-refractivity contribution in [3.63, 3.8) is 0 Å². The molecule has 0 saturated carbocycles. The summed E-state index contributed by atoms with van der Waals surface area (Å²) in [4.78, 5) is 21.1. The first-order valence-corrected chi connectivity index (χ1v) is 4.40. The van der Waals surface area contributed by atoms with Gasteiger partial charge in [-0.25, -0.2) is 0 Å². The lowest BCUT2D eigenvalue weighted by Crippen LogP contribution is -2.45. The van der Waals surface area contributed by atoms with E-state index < -0.39 is 24.0 Å². The summed E-state index contributed by atoms with van der Waals surface area (Å²) in [6.45, 7) is 1.80. The fourth-order valence-electron chi connectivity index (χ4n) is 0.973.